The number of ether oxygens (including phenoxy) is 3. The zero-order chi connectivity index (χ0) is 39.1. The third-order valence-electron chi connectivity index (χ3n) is 10.9. The molecular formula is C41H60BN3O8Si. The number of amides is 3. The quantitative estimate of drug-likeness (QED) is 0.0755. The topological polar surface area (TPSA) is 155 Å². The number of fused-ring (bicyclic) bond motifs is 2. The van der Waals surface area contributed by atoms with Gasteiger partial charge in [-0.15, -0.1) is 0 Å². The van der Waals surface area contributed by atoms with Crippen LogP contribution >= 0.6 is 0 Å². The summed E-state index contributed by atoms with van der Waals surface area (Å²) < 4.78 is 17.1. The molecule has 0 saturated carbocycles. The van der Waals surface area contributed by atoms with E-state index in [0.717, 1.165) is 67.2 Å². The molecular weight excluding hydrogens is 701 g/mol. The second kappa shape index (κ2) is 20.7. The van der Waals surface area contributed by atoms with Crippen LogP contribution in [-0.2, 0) is 25.4 Å². The van der Waals surface area contributed by atoms with Crippen molar-refractivity contribution in [1.82, 2.24) is 16.0 Å². The van der Waals surface area contributed by atoms with Crippen molar-refractivity contribution in [2.45, 2.75) is 121 Å². The number of unbranched alkanes of at least 4 members (excludes halogenated alkanes) is 5. The van der Waals surface area contributed by atoms with Gasteiger partial charge in [-0.1, -0.05) is 81.3 Å². The Bertz CT molecular complexity index is 1610. The van der Waals surface area contributed by atoms with Crippen LogP contribution < -0.4 is 16.0 Å². The van der Waals surface area contributed by atoms with E-state index < -0.39 is 38.8 Å². The van der Waals surface area contributed by atoms with Gasteiger partial charge in [-0.25, -0.2) is 9.59 Å². The monoisotopic (exact) mass is 761 g/mol. The van der Waals surface area contributed by atoms with Crippen molar-refractivity contribution < 1.29 is 38.5 Å². The lowest BCUT2D eigenvalue weighted by molar-refractivity contribution is -0.121. The van der Waals surface area contributed by atoms with Gasteiger partial charge in [0.2, 0.25) is 5.91 Å². The number of aliphatic hydroxyl groups is 1. The van der Waals surface area contributed by atoms with E-state index in [2.05, 4.69) is 27.8 Å². The van der Waals surface area contributed by atoms with E-state index in [1.807, 2.05) is 83.3 Å². The smallest absolute Gasteiger partial charge is 0.407 e. The number of nitrogens with one attached hydrogen (secondary N) is 3. The lowest BCUT2D eigenvalue weighted by Gasteiger charge is -2.38. The van der Waals surface area contributed by atoms with Gasteiger partial charge in [-0.2, -0.15) is 0 Å². The molecule has 1 fully saturated rings. The molecule has 294 valence electrons. The number of alkyl carbamates (subject to hydrolysis) is 2. The average molecular weight is 762 g/mol. The first kappa shape index (κ1) is 42.9. The van der Waals surface area contributed by atoms with Crippen molar-refractivity contribution in [2.75, 3.05) is 26.2 Å². The highest BCUT2D eigenvalue weighted by Gasteiger charge is 2.48. The summed E-state index contributed by atoms with van der Waals surface area (Å²) in [5.41, 5.74) is 3.75. The molecule has 5 N–H and O–H groups in total. The molecule has 1 aliphatic heterocycles. The van der Waals surface area contributed by atoms with Crippen LogP contribution in [0.2, 0.25) is 18.1 Å². The summed E-state index contributed by atoms with van der Waals surface area (Å²) in [6, 6.07) is 15.5. The highest BCUT2D eigenvalue weighted by Crippen LogP contribution is 2.45. The zero-order valence-electron chi connectivity index (χ0n) is 32.7. The van der Waals surface area contributed by atoms with Crippen LogP contribution in [0.1, 0.15) is 100.0 Å². The predicted octanol–water partition coefficient (Wildman–Crippen LogP) is 5.08. The molecule has 13 heteroatoms. The third-order valence-corrected chi connectivity index (χ3v) is 14.5. The maximum atomic E-state index is 12.7. The Kier molecular flexibility index (Phi) is 16.5. The Morgan fingerprint density at radius 1 is 0.870 bits per heavy atom. The second-order valence-electron chi connectivity index (χ2n) is 15.8. The minimum Gasteiger partial charge on any atom is -0.447 e. The van der Waals surface area contributed by atoms with E-state index in [1.54, 1.807) is 0 Å². The molecule has 0 bridgehead atoms. The third kappa shape index (κ3) is 13.2. The van der Waals surface area contributed by atoms with Crippen LogP contribution in [0.3, 0.4) is 0 Å². The van der Waals surface area contributed by atoms with E-state index in [0.29, 0.717) is 38.9 Å². The molecule has 2 unspecified atom stereocenters. The van der Waals surface area contributed by atoms with E-state index in [9.17, 15) is 24.3 Å². The number of benzene rings is 2. The van der Waals surface area contributed by atoms with E-state index in [-0.39, 0.29) is 29.5 Å². The molecule has 1 aliphatic carbocycles. The van der Waals surface area contributed by atoms with E-state index >= 15 is 0 Å². The summed E-state index contributed by atoms with van der Waals surface area (Å²) in [6.07, 6.45) is 4.63. The van der Waals surface area contributed by atoms with Crippen LogP contribution in [-0.4, -0.2) is 88.6 Å². The highest BCUT2D eigenvalue weighted by molar-refractivity contribution is 6.72. The summed E-state index contributed by atoms with van der Waals surface area (Å²) in [4.78, 5) is 47.8. The minimum atomic E-state index is -2.43. The predicted molar refractivity (Wildman–Crippen MR) is 214 cm³/mol. The SMILES string of the molecule is B[C@@H]1O[C@H](COC(=O)NCCCCCCNC(=O)CCCCCNC(=O)OC2Cc3ccccc3C#Cc3ccccc32)[C@H](O)C1CC(C)(C)[Si](C)(C)O. The Labute approximate surface area is 323 Å². The van der Waals surface area contributed by atoms with Crippen molar-refractivity contribution >= 4 is 34.3 Å². The highest BCUT2D eigenvalue weighted by atomic mass is 28.4. The normalized spacial score (nSPS) is 20.6. The van der Waals surface area contributed by atoms with Gasteiger partial charge < -0.3 is 40.1 Å². The molecule has 11 nitrogen and oxygen atoms in total. The van der Waals surface area contributed by atoms with Crippen molar-refractivity contribution in [3.63, 3.8) is 0 Å². The van der Waals surface area contributed by atoms with Crippen LogP contribution in [0.4, 0.5) is 9.59 Å². The van der Waals surface area contributed by atoms with Gasteiger partial charge in [0.05, 0.1) is 6.10 Å². The van der Waals surface area contributed by atoms with Crippen LogP contribution in [0.5, 0.6) is 0 Å². The number of carbonyl (C=O) groups excluding carboxylic acids is 3. The first-order valence-corrected chi connectivity index (χ1v) is 22.6. The molecule has 1 saturated heterocycles. The summed E-state index contributed by atoms with van der Waals surface area (Å²) >= 11 is 0. The molecule has 1 heterocycles. The van der Waals surface area contributed by atoms with Gasteiger partial charge in [0, 0.05) is 61.1 Å². The first-order chi connectivity index (χ1) is 25.7. The molecule has 3 amide bonds. The van der Waals surface area contributed by atoms with Crippen molar-refractivity contribution in [3.8, 4) is 11.8 Å². The molecule has 5 atom stereocenters. The lowest BCUT2D eigenvalue weighted by atomic mass is 9.79. The van der Waals surface area contributed by atoms with E-state index in [4.69, 9.17) is 14.2 Å². The van der Waals surface area contributed by atoms with Crippen molar-refractivity contribution in [1.29, 1.82) is 0 Å². The van der Waals surface area contributed by atoms with E-state index in [1.165, 1.54) is 0 Å². The molecule has 4 rings (SSSR count). The Morgan fingerprint density at radius 3 is 2.17 bits per heavy atom. The molecule has 2 aromatic rings. The number of carbonyl (C=O) groups is 3. The summed E-state index contributed by atoms with van der Waals surface area (Å²) in [7, 11) is -0.514. The van der Waals surface area contributed by atoms with Gasteiger partial charge in [0.15, 0.2) is 8.32 Å². The maximum absolute atomic E-state index is 12.7. The summed E-state index contributed by atoms with van der Waals surface area (Å²) in [6.45, 7) is 9.43. The molecule has 0 radical (unpaired) electrons. The number of hydrogen-bond acceptors (Lipinski definition) is 8. The lowest BCUT2D eigenvalue weighted by Crippen LogP contribution is -2.43. The van der Waals surface area contributed by atoms with Gasteiger partial charge in [-0.05, 0) is 67.9 Å². The summed E-state index contributed by atoms with van der Waals surface area (Å²) in [5.74, 6) is 6.36. The van der Waals surface area contributed by atoms with Gasteiger partial charge in [-0.3, -0.25) is 4.79 Å². The van der Waals surface area contributed by atoms with Crippen LogP contribution in [0.25, 0.3) is 0 Å². The Balaban J connectivity index is 0.980. The second-order valence-corrected chi connectivity index (χ2v) is 20.3. The largest absolute Gasteiger partial charge is 0.447 e. The zero-order valence-corrected chi connectivity index (χ0v) is 33.7. The fourth-order valence-corrected chi connectivity index (χ4v) is 7.54. The number of rotatable bonds is 19. The average Bonchev–Trinajstić information content (AvgIpc) is 3.38. The minimum absolute atomic E-state index is 0.0254. The number of aliphatic hydroxyl groups excluding tert-OH is 1. The fraction of sp³-hybridized carbons (Fsp3) is 0.585. The fourth-order valence-electron chi connectivity index (χ4n) is 6.80. The molecule has 2 aliphatic rings. The first-order valence-electron chi connectivity index (χ1n) is 19.6. The number of hydrogen-bond donors (Lipinski definition) is 5. The van der Waals surface area contributed by atoms with Crippen LogP contribution in [0, 0.1) is 17.8 Å². The maximum Gasteiger partial charge on any atom is 0.407 e. The van der Waals surface area contributed by atoms with Gasteiger partial charge >= 0.3 is 12.2 Å². The van der Waals surface area contributed by atoms with Crippen molar-refractivity contribution in [2.24, 2.45) is 5.92 Å². The molecule has 0 spiro atoms. The Morgan fingerprint density at radius 2 is 1.46 bits per heavy atom. The summed E-state index contributed by atoms with van der Waals surface area (Å²) in [5, 5.41) is 19.2. The van der Waals surface area contributed by atoms with Gasteiger partial charge in [0.1, 0.15) is 26.7 Å². The van der Waals surface area contributed by atoms with Crippen molar-refractivity contribution in [3.05, 3.63) is 70.8 Å². The molecule has 0 aromatic heterocycles. The van der Waals surface area contributed by atoms with Crippen LogP contribution in [0.15, 0.2) is 48.5 Å². The Hall–Kier alpha value is -3.83. The molecule has 54 heavy (non-hydrogen) atoms. The standard InChI is InChI=1S/C41H60BN3O8Si/c1-41(2,54(3,4)50)27-33-37(47)35(52-38(33)42)28-51-39(48)44-24-14-6-5-13-23-43-36(46)20-8-7-15-25-45-40(49)53-34-26-31-18-10-9-16-29(31)21-22-30-17-11-12-19-32(30)34/h9-12,16-19,33-35,37-38,47,50H,5-8,13-15,20,23-28,42H2,1-4H3,(H,43,46)(H,44,48)(H,45,49)/t33?,34?,35-,37-,38-/m1/s1. The van der Waals surface area contributed by atoms with Gasteiger partial charge in [0.25, 0.3) is 0 Å². The molecule has 2 aromatic carbocycles.